The Kier molecular flexibility index (Phi) is 11.8. The monoisotopic (exact) mass is 298 g/mol. The van der Waals surface area contributed by atoms with Crippen LogP contribution in [0.15, 0.2) is 0 Å². The van der Waals surface area contributed by atoms with E-state index in [-0.39, 0.29) is 37.6 Å². The fourth-order valence-corrected chi connectivity index (χ4v) is 1.76. The second kappa shape index (κ2) is 12.6. The first-order chi connectivity index (χ1) is 9.60. The Morgan fingerprint density at radius 2 is 1.30 bits per heavy atom. The van der Waals surface area contributed by atoms with Crippen LogP contribution in [0.2, 0.25) is 0 Å². The molecule has 0 rings (SSSR count). The molecule has 0 aromatic rings. The van der Waals surface area contributed by atoms with Crippen molar-refractivity contribution in [3.05, 3.63) is 0 Å². The Morgan fingerprint density at radius 1 is 0.900 bits per heavy atom. The van der Waals surface area contributed by atoms with Crippen molar-refractivity contribution >= 4 is 19.8 Å². The van der Waals surface area contributed by atoms with E-state index in [1.807, 2.05) is 0 Å². The van der Waals surface area contributed by atoms with Crippen molar-refractivity contribution in [2.24, 2.45) is 0 Å². The van der Waals surface area contributed by atoms with Gasteiger partial charge in [0.1, 0.15) is 13.2 Å². The molecule has 0 aromatic heterocycles. The van der Waals surface area contributed by atoms with Crippen molar-refractivity contribution in [3.63, 3.8) is 0 Å². The molecule has 0 aliphatic rings. The van der Waals surface area contributed by atoms with Crippen LogP contribution in [0.4, 0.5) is 0 Å². The topological polar surface area (TPSA) is 69.7 Å². The molecule has 0 saturated heterocycles. The zero-order chi connectivity index (χ0) is 15.2. The molecule has 0 N–H and O–H groups in total. The maximum atomic E-state index is 11.3. The van der Waals surface area contributed by atoms with Gasteiger partial charge in [0.2, 0.25) is 0 Å². The fourth-order valence-electron chi connectivity index (χ4n) is 1.12. The van der Waals surface area contributed by atoms with E-state index in [0.29, 0.717) is 12.8 Å². The predicted molar refractivity (Wildman–Crippen MR) is 76.3 cm³/mol. The van der Waals surface area contributed by atoms with E-state index >= 15 is 0 Å². The molecule has 0 aliphatic heterocycles. The maximum Gasteiger partial charge on any atom is 0.319 e. The van der Waals surface area contributed by atoms with Crippen molar-refractivity contribution < 1.29 is 23.2 Å². The smallest absolute Gasteiger partial charge is 0.303 e. The first-order valence-corrected chi connectivity index (χ1v) is 7.44. The van der Waals surface area contributed by atoms with Gasteiger partial charge < -0.3 is 9.05 Å². The number of ketones is 2. The lowest BCUT2D eigenvalue weighted by molar-refractivity contribution is -0.121. The molecule has 0 heterocycles. The highest BCUT2D eigenvalue weighted by atomic mass is 31.1. The van der Waals surface area contributed by atoms with Crippen LogP contribution < -0.4 is 0 Å². The Labute approximate surface area is 120 Å². The number of rotatable bonds is 10. The molecule has 0 atom stereocenters. The van der Waals surface area contributed by atoms with Gasteiger partial charge in [-0.15, -0.1) is 23.7 Å². The number of carbonyl (C=O) groups excluding carboxylic acids is 2. The van der Waals surface area contributed by atoms with Gasteiger partial charge in [-0.1, -0.05) is 0 Å². The molecule has 0 amide bonds. The van der Waals surface area contributed by atoms with Gasteiger partial charge >= 0.3 is 8.25 Å². The Hall–Kier alpha value is -1.39. The predicted octanol–water partition coefficient (Wildman–Crippen LogP) is 2.15. The van der Waals surface area contributed by atoms with E-state index in [9.17, 15) is 14.2 Å². The lowest BCUT2D eigenvalue weighted by Crippen LogP contribution is -2.08. The van der Waals surface area contributed by atoms with Crippen molar-refractivity contribution in [1.29, 1.82) is 0 Å². The van der Waals surface area contributed by atoms with Crippen LogP contribution in [0.3, 0.4) is 0 Å². The van der Waals surface area contributed by atoms with E-state index in [1.54, 1.807) is 13.8 Å². The zero-order valence-electron chi connectivity index (χ0n) is 11.8. The van der Waals surface area contributed by atoms with Crippen molar-refractivity contribution in [2.45, 2.75) is 39.5 Å². The van der Waals surface area contributed by atoms with Crippen LogP contribution in [-0.2, 0) is 23.2 Å². The Bertz CT molecular complexity index is 419. The first kappa shape index (κ1) is 18.6. The normalized spacial score (nSPS) is 9.35. The number of hydrogen-bond donors (Lipinski definition) is 0. The van der Waals surface area contributed by atoms with E-state index < -0.39 is 8.25 Å². The quantitative estimate of drug-likeness (QED) is 0.456. The summed E-state index contributed by atoms with van der Waals surface area (Å²) >= 11 is 0. The van der Waals surface area contributed by atoms with Gasteiger partial charge in [0, 0.05) is 25.7 Å². The second-order valence-corrected chi connectivity index (χ2v) is 4.84. The van der Waals surface area contributed by atoms with Crippen LogP contribution >= 0.6 is 8.25 Å². The third kappa shape index (κ3) is 11.7. The maximum absolute atomic E-state index is 11.3. The molecule has 0 unspecified atom stereocenters. The van der Waals surface area contributed by atoms with E-state index in [2.05, 4.69) is 23.7 Å². The summed E-state index contributed by atoms with van der Waals surface area (Å²) in [7, 11) is -2.80. The second-order valence-electron chi connectivity index (χ2n) is 3.76. The summed E-state index contributed by atoms with van der Waals surface area (Å²) in [4.78, 5) is 22.6. The summed E-state index contributed by atoms with van der Waals surface area (Å²) in [6.45, 7) is 2.82. The van der Waals surface area contributed by atoms with Gasteiger partial charge in [-0.25, -0.2) is 0 Å². The molecule has 0 spiro atoms. The van der Waals surface area contributed by atoms with Gasteiger partial charge in [0.25, 0.3) is 0 Å². The minimum Gasteiger partial charge on any atom is -0.303 e. The Balaban J connectivity index is 3.71. The average Bonchev–Trinajstić information content (AvgIpc) is 2.43. The van der Waals surface area contributed by atoms with Crippen molar-refractivity contribution in [2.75, 3.05) is 13.2 Å². The highest BCUT2D eigenvalue weighted by Crippen LogP contribution is 2.23. The summed E-state index contributed by atoms with van der Waals surface area (Å²) in [5, 5.41) is 0. The van der Waals surface area contributed by atoms with Gasteiger partial charge in [-0.05, 0) is 13.8 Å². The van der Waals surface area contributed by atoms with Gasteiger partial charge in [0.05, 0.1) is 0 Å². The standard InChI is InChI=1S/C14H19O5P/c1-3-5-7-9-13(15)11-18-20(17)19-12-14(16)10-8-6-4-2/h20H,7-12H2,1-2H3. The van der Waals surface area contributed by atoms with Crippen molar-refractivity contribution in [1.82, 2.24) is 0 Å². The highest BCUT2D eigenvalue weighted by Gasteiger charge is 2.08. The molecule has 5 nitrogen and oxygen atoms in total. The largest absolute Gasteiger partial charge is 0.319 e. The fraction of sp³-hybridized carbons (Fsp3) is 0.571. The summed E-state index contributed by atoms with van der Waals surface area (Å²) in [5.74, 6) is 10.4. The highest BCUT2D eigenvalue weighted by molar-refractivity contribution is 7.33. The molecular formula is C14H19O5P. The molecule has 0 saturated carbocycles. The van der Waals surface area contributed by atoms with E-state index in [1.165, 1.54) is 0 Å². The summed E-state index contributed by atoms with van der Waals surface area (Å²) < 4.78 is 20.8. The molecule has 20 heavy (non-hydrogen) atoms. The molecule has 0 bridgehead atoms. The van der Waals surface area contributed by atoms with E-state index in [4.69, 9.17) is 9.05 Å². The molecular weight excluding hydrogens is 279 g/mol. The lowest BCUT2D eigenvalue weighted by Gasteiger charge is -2.03. The average molecular weight is 298 g/mol. The lowest BCUT2D eigenvalue weighted by atomic mass is 10.2. The number of Topliss-reactive ketones (excluding diaryl/α,β-unsaturated/α-hetero) is 2. The van der Waals surface area contributed by atoms with Crippen LogP contribution in [0.5, 0.6) is 0 Å². The third-order valence-corrected chi connectivity index (χ3v) is 2.87. The molecule has 0 aliphatic carbocycles. The minimum atomic E-state index is -2.80. The first-order valence-electron chi connectivity index (χ1n) is 6.22. The minimum absolute atomic E-state index is 0.195. The molecule has 0 fully saturated rings. The number of hydrogen-bond acceptors (Lipinski definition) is 5. The van der Waals surface area contributed by atoms with Crippen LogP contribution in [-0.4, -0.2) is 24.8 Å². The van der Waals surface area contributed by atoms with Crippen molar-refractivity contribution in [3.8, 4) is 23.7 Å². The summed E-state index contributed by atoms with van der Waals surface area (Å²) in [5.41, 5.74) is 0. The summed E-state index contributed by atoms with van der Waals surface area (Å²) in [6.07, 6.45) is 1.42. The van der Waals surface area contributed by atoms with Gasteiger partial charge in [-0.3, -0.25) is 14.2 Å². The van der Waals surface area contributed by atoms with Crippen LogP contribution in [0, 0.1) is 23.7 Å². The molecule has 0 aromatic carbocycles. The third-order valence-electron chi connectivity index (χ3n) is 2.11. The number of carbonyl (C=O) groups is 2. The van der Waals surface area contributed by atoms with Gasteiger partial charge in [-0.2, -0.15) is 0 Å². The SMILES string of the molecule is CC#CCCC(=O)CO[PH](=O)OCC(=O)CCC#CC. The van der Waals surface area contributed by atoms with Crippen LogP contribution in [0.1, 0.15) is 39.5 Å². The molecule has 6 heteroatoms. The van der Waals surface area contributed by atoms with Crippen LogP contribution in [0.25, 0.3) is 0 Å². The molecule has 110 valence electrons. The zero-order valence-corrected chi connectivity index (χ0v) is 12.8. The summed E-state index contributed by atoms with van der Waals surface area (Å²) in [6, 6.07) is 0. The Morgan fingerprint density at radius 3 is 1.65 bits per heavy atom. The van der Waals surface area contributed by atoms with E-state index in [0.717, 1.165) is 0 Å². The molecule has 0 radical (unpaired) electrons. The van der Waals surface area contributed by atoms with Gasteiger partial charge in [0.15, 0.2) is 11.6 Å².